The Balaban J connectivity index is 2.46. The minimum absolute atomic E-state index is 0.159. The largest absolute Gasteiger partial charge is 0.508 e. The van der Waals surface area contributed by atoms with E-state index >= 15 is 0 Å². The molecule has 0 aromatic heterocycles. The average molecular weight is 327 g/mol. The van der Waals surface area contributed by atoms with Crippen molar-refractivity contribution in [1.29, 1.82) is 0 Å². The van der Waals surface area contributed by atoms with Gasteiger partial charge >= 0.3 is 0 Å². The van der Waals surface area contributed by atoms with Crippen molar-refractivity contribution in [2.45, 2.75) is 4.90 Å². The molecule has 2 rings (SSSR count). The summed E-state index contributed by atoms with van der Waals surface area (Å²) in [6.07, 6.45) is 1.17. The maximum atomic E-state index is 11.3. The predicted octanol–water partition coefficient (Wildman–Crippen LogP) is 3.23. The Hall–Kier alpha value is -1.33. The van der Waals surface area contributed by atoms with Gasteiger partial charge < -0.3 is 5.11 Å². The van der Waals surface area contributed by atoms with Crippen molar-refractivity contribution in [3.05, 3.63) is 46.9 Å². The van der Waals surface area contributed by atoms with E-state index in [-0.39, 0.29) is 10.6 Å². The van der Waals surface area contributed by atoms with Gasteiger partial charge in [0.05, 0.1) is 4.90 Å². The Morgan fingerprint density at radius 1 is 1.00 bits per heavy atom. The second-order valence-corrected chi connectivity index (χ2v) is 6.93. The Kier molecular flexibility index (Phi) is 3.45. The summed E-state index contributed by atoms with van der Waals surface area (Å²) < 4.78 is 23.5. The lowest BCUT2D eigenvalue weighted by Gasteiger charge is -2.05. The van der Waals surface area contributed by atoms with Gasteiger partial charge in [-0.2, -0.15) is 0 Å². The number of halogens is 1. The molecule has 0 saturated carbocycles. The molecule has 0 spiro atoms. The fourth-order valence-corrected chi connectivity index (χ4v) is 2.75. The molecule has 0 amide bonds. The van der Waals surface area contributed by atoms with E-state index in [1.807, 2.05) is 6.07 Å². The molecule has 2 aromatic rings. The van der Waals surface area contributed by atoms with Gasteiger partial charge in [0.25, 0.3) is 0 Å². The third-order valence-corrected chi connectivity index (χ3v) is 4.08. The van der Waals surface area contributed by atoms with E-state index in [1.165, 1.54) is 6.26 Å². The van der Waals surface area contributed by atoms with Gasteiger partial charge in [-0.1, -0.05) is 28.1 Å². The van der Waals surface area contributed by atoms with Crippen LogP contribution in [0.2, 0.25) is 0 Å². The van der Waals surface area contributed by atoms with E-state index in [2.05, 4.69) is 15.9 Å². The van der Waals surface area contributed by atoms with Crippen molar-refractivity contribution in [3.8, 4) is 16.9 Å². The van der Waals surface area contributed by atoms with Gasteiger partial charge in [0, 0.05) is 10.7 Å². The molecule has 94 valence electrons. The molecule has 0 fully saturated rings. The van der Waals surface area contributed by atoms with Crippen LogP contribution < -0.4 is 0 Å². The molecule has 5 heteroatoms. The van der Waals surface area contributed by atoms with E-state index in [9.17, 15) is 13.5 Å². The smallest absolute Gasteiger partial charge is 0.175 e. The van der Waals surface area contributed by atoms with Crippen LogP contribution in [-0.2, 0) is 9.84 Å². The van der Waals surface area contributed by atoms with Crippen LogP contribution in [0.4, 0.5) is 0 Å². The zero-order chi connectivity index (χ0) is 13.3. The Labute approximate surface area is 114 Å². The number of hydrogen-bond acceptors (Lipinski definition) is 3. The number of phenolic OH excluding ortho intramolecular Hbond substituents is 1. The summed E-state index contributed by atoms with van der Waals surface area (Å²) in [7, 11) is -3.18. The van der Waals surface area contributed by atoms with Crippen LogP contribution in [0.1, 0.15) is 0 Å². The Morgan fingerprint density at radius 3 is 2.11 bits per heavy atom. The standard InChI is InChI=1S/C13H11BrO3S/c1-18(16,17)13-4-2-9(3-5-13)10-6-11(14)8-12(15)7-10/h2-8,15H,1H3. The summed E-state index contributed by atoms with van der Waals surface area (Å²) in [5.41, 5.74) is 1.67. The molecule has 0 radical (unpaired) electrons. The van der Waals surface area contributed by atoms with Crippen LogP contribution in [0.3, 0.4) is 0 Å². The predicted molar refractivity (Wildman–Crippen MR) is 74.4 cm³/mol. The molecule has 0 aliphatic carbocycles. The summed E-state index contributed by atoms with van der Waals surface area (Å²) in [6, 6.07) is 11.6. The van der Waals surface area contributed by atoms with Crippen LogP contribution in [0.15, 0.2) is 51.8 Å². The van der Waals surface area contributed by atoms with Gasteiger partial charge in [0.1, 0.15) is 5.75 Å². The van der Waals surface area contributed by atoms with Crippen molar-refractivity contribution >= 4 is 25.8 Å². The Bertz CT molecular complexity index is 656. The van der Waals surface area contributed by atoms with Crippen LogP contribution >= 0.6 is 15.9 Å². The first-order chi connectivity index (χ1) is 8.36. The number of rotatable bonds is 2. The molecule has 0 aliphatic rings. The van der Waals surface area contributed by atoms with Gasteiger partial charge in [0.2, 0.25) is 0 Å². The van der Waals surface area contributed by atoms with E-state index < -0.39 is 9.84 Å². The van der Waals surface area contributed by atoms with Crippen LogP contribution in [0, 0.1) is 0 Å². The fraction of sp³-hybridized carbons (Fsp3) is 0.0769. The third kappa shape index (κ3) is 2.91. The van der Waals surface area contributed by atoms with Crippen molar-refractivity contribution in [2.75, 3.05) is 6.26 Å². The summed E-state index contributed by atoms with van der Waals surface area (Å²) in [5, 5.41) is 9.51. The molecule has 1 N–H and O–H groups in total. The first-order valence-electron chi connectivity index (χ1n) is 5.16. The highest BCUT2D eigenvalue weighted by molar-refractivity contribution is 9.10. The molecule has 18 heavy (non-hydrogen) atoms. The van der Waals surface area contributed by atoms with Gasteiger partial charge in [-0.05, 0) is 41.5 Å². The van der Waals surface area contributed by atoms with Gasteiger partial charge in [0.15, 0.2) is 9.84 Å². The zero-order valence-electron chi connectivity index (χ0n) is 9.59. The molecule has 0 heterocycles. The first-order valence-corrected chi connectivity index (χ1v) is 7.85. The van der Waals surface area contributed by atoms with E-state index in [4.69, 9.17) is 0 Å². The zero-order valence-corrected chi connectivity index (χ0v) is 12.0. The highest BCUT2D eigenvalue weighted by Gasteiger charge is 2.07. The molecule has 0 saturated heterocycles. The molecule has 0 unspecified atom stereocenters. The average Bonchev–Trinajstić information content (AvgIpc) is 2.27. The highest BCUT2D eigenvalue weighted by Crippen LogP contribution is 2.28. The van der Waals surface area contributed by atoms with Crippen LogP contribution in [0.25, 0.3) is 11.1 Å². The van der Waals surface area contributed by atoms with Crippen molar-refractivity contribution in [2.24, 2.45) is 0 Å². The normalized spacial score (nSPS) is 11.4. The second kappa shape index (κ2) is 4.74. The maximum absolute atomic E-state index is 11.3. The van der Waals surface area contributed by atoms with E-state index in [0.717, 1.165) is 15.6 Å². The molecular weight excluding hydrogens is 316 g/mol. The number of sulfone groups is 1. The van der Waals surface area contributed by atoms with Crippen molar-refractivity contribution in [3.63, 3.8) is 0 Å². The summed E-state index contributed by atoms with van der Waals surface area (Å²) in [4.78, 5) is 0.283. The number of benzene rings is 2. The molecule has 2 aromatic carbocycles. The minimum atomic E-state index is -3.18. The monoisotopic (exact) mass is 326 g/mol. The first kappa shape index (κ1) is 13.1. The van der Waals surface area contributed by atoms with Crippen molar-refractivity contribution in [1.82, 2.24) is 0 Å². The molecule has 0 aliphatic heterocycles. The molecular formula is C13H11BrO3S. The lowest BCUT2D eigenvalue weighted by atomic mass is 10.1. The summed E-state index contributed by atoms with van der Waals surface area (Å²) in [5.74, 6) is 0.159. The number of phenols is 1. The molecule has 3 nitrogen and oxygen atoms in total. The van der Waals surface area contributed by atoms with Gasteiger partial charge in [-0.3, -0.25) is 0 Å². The third-order valence-electron chi connectivity index (χ3n) is 2.50. The SMILES string of the molecule is CS(=O)(=O)c1ccc(-c2cc(O)cc(Br)c2)cc1. The number of hydrogen-bond donors (Lipinski definition) is 1. The second-order valence-electron chi connectivity index (χ2n) is 3.99. The minimum Gasteiger partial charge on any atom is -0.508 e. The maximum Gasteiger partial charge on any atom is 0.175 e. The van der Waals surface area contributed by atoms with Crippen LogP contribution in [-0.4, -0.2) is 19.8 Å². The van der Waals surface area contributed by atoms with Gasteiger partial charge in [-0.15, -0.1) is 0 Å². The van der Waals surface area contributed by atoms with Gasteiger partial charge in [-0.25, -0.2) is 8.42 Å². The molecule has 0 atom stereocenters. The molecule has 0 bridgehead atoms. The van der Waals surface area contributed by atoms with E-state index in [1.54, 1.807) is 36.4 Å². The van der Waals surface area contributed by atoms with Crippen LogP contribution in [0.5, 0.6) is 5.75 Å². The highest BCUT2D eigenvalue weighted by atomic mass is 79.9. The summed E-state index contributed by atoms with van der Waals surface area (Å²) >= 11 is 3.30. The Morgan fingerprint density at radius 2 is 1.61 bits per heavy atom. The number of aromatic hydroxyl groups is 1. The lowest BCUT2D eigenvalue weighted by Crippen LogP contribution is -1.96. The topological polar surface area (TPSA) is 54.4 Å². The van der Waals surface area contributed by atoms with E-state index in [0.29, 0.717) is 0 Å². The van der Waals surface area contributed by atoms with Crippen molar-refractivity contribution < 1.29 is 13.5 Å². The fourth-order valence-electron chi connectivity index (χ4n) is 1.64. The lowest BCUT2D eigenvalue weighted by molar-refractivity contribution is 0.475. The quantitative estimate of drug-likeness (QED) is 0.921. The summed E-state index contributed by atoms with van der Waals surface area (Å²) in [6.45, 7) is 0.